The lowest BCUT2D eigenvalue weighted by molar-refractivity contribution is 1.20. The molecule has 10 rings (SSSR count). The summed E-state index contributed by atoms with van der Waals surface area (Å²) in [4.78, 5) is 2.37. The van der Waals surface area contributed by atoms with Gasteiger partial charge in [0.15, 0.2) is 0 Å². The van der Waals surface area contributed by atoms with E-state index in [2.05, 4.69) is 240 Å². The normalized spacial score (nSPS) is 11.2. The van der Waals surface area contributed by atoms with Crippen molar-refractivity contribution >= 4 is 33.4 Å². The number of fused-ring (bicyclic) bond motifs is 2. The largest absolute Gasteiger partial charge is 0.315 e. The van der Waals surface area contributed by atoms with Crippen molar-refractivity contribution in [3.05, 3.63) is 231 Å². The van der Waals surface area contributed by atoms with E-state index < -0.39 is 0 Å². The van der Waals surface area contributed by atoms with Gasteiger partial charge >= 0.3 is 0 Å². The van der Waals surface area contributed by atoms with Crippen molar-refractivity contribution in [1.82, 2.24) is 4.40 Å². The van der Waals surface area contributed by atoms with Crippen LogP contribution < -0.4 is 4.90 Å². The Morgan fingerprint density at radius 2 is 0.750 bits per heavy atom. The summed E-state index contributed by atoms with van der Waals surface area (Å²) in [6, 6.07) is 80.7. The van der Waals surface area contributed by atoms with E-state index in [4.69, 9.17) is 0 Å². The van der Waals surface area contributed by atoms with Crippen LogP contribution in [0.1, 0.15) is 0 Å². The smallest absolute Gasteiger partial charge is 0.0613 e. The summed E-state index contributed by atoms with van der Waals surface area (Å²) in [5, 5.41) is 2.43. The average molecular weight is 715 g/mol. The van der Waals surface area contributed by atoms with Crippen molar-refractivity contribution in [2.75, 3.05) is 4.90 Å². The quantitative estimate of drug-likeness (QED) is 0.152. The lowest BCUT2D eigenvalue weighted by Gasteiger charge is -2.27. The van der Waals surface area contributed by atoms with Gasteiger partial charge in [-0.1, -0.05) is 182 Å². The molecule has 0 aliphatic rings. The number of nitrogens with zero attached hydrogens (tertiary/aromatic N) is 2. The van der Waals surface area contributed by atoms with Gasteiger partial charge in [-0.15, -0.1) is 0 Å². The third kappa shape index (κ3) is 6.04. The fourth-order valence-corrected chi connectivity index (χ4v) is 8.16. The number of pyridine rings is 1. The van der Waals surface area contributed by atoms with Gasteiger partial charge < -0.3 is 9.30 Å². The minimum absolute atomic E-state index is 1.11. The zero-order valence-corrected chi connectivity index (χ0v) is 30.8. The molecule has 0 spiro atoms. The highest BCUT2D eigenvalue weighted by molar-refractivity contribution is 6.03. The molecule has 0 saturated carbocycles. The Labute approximate surface area is 327 Å². The highest BCUT2D eigenvalue weighted by Crippen LogP contribution is 2.45. The third-order valence-corrected chi connectivity index (χ3v) is 10.8. The zero-order chi connectivity index (χ0) is 37.3. The highest BCUT2D eigenvalue weighted by Gasteiger charge is 2.22. The Bertz CT molecular complexity index is 2910. The molecule has 2 aromatic heterocycles. The summed E-state index contributed by atoms with van der Waals surface area (Å²) in [5.74, 6) is 0. The second-order valence-corrected chi connectivity index (χ2v) is 14.2. The van der Waals surface area contributed by atoms with E-state index in [1.54, 1.807) is 0 Å². The predicted molar refractivity (Wildman–Crippen MR) is 237 cm³/mol. The van der Waals surface area contributed by atoms with Gasteiger partial charge in [-0.2, -0.15) is 0 Å². The van der Waals surface area contributed by atoms with Crippen LogP contribution in [-0.4, -0.2) is 4.40 Å². The molecule has 264 valence electrons. The molecule has 0 N–H and O–H groups in total. The molecule has 0 aliphatic carbocycles. The number of rotatable bonds is 8. The van der Waals surface area contributed by atoms with Gasteiger partial charge in [-0.3, -0.25) is 0 Å². The first kappa shape index (κ1) is 33.2. The molecule has 0 unspecified atom stereocenters. The Hall–Kier alpha value is -7.42. The van der Waals surface area contributed by atoms with Crippen LogP contribution in [0.3, 0.4) is 0 Å². The average Bonchev–Trinajstić information content (AvgIpc) is 3.63. The van der Waals surface area contributed by atoms with Gasteiger partial charge in [0.1, 0.15) is 0 Å². The van der Waals surface area contributed by atoms with Crippen LogP contribution in [0.5, 0.6) is 0 Å². The molecule has 0 saturated heterocycles. The van der Waals surface area contributed by atoms with E-state index in [1.807, 2.05) is 0 Å². The SMILES string of the molecule is c1ccc(-c2ccc(N(c3ccc(-c4ccc(-c5c(-c6ccccc6)c(-c6ccccc6)c6ccccn56)cc4)cc3)c3cccc4ccccc34)cc2)cc1. The maximum Gasteiger partial charge on any atom is 0.0613 e. The molecule has 0 aliphatic heterocycles. The van der Waals surface area contributed by atoms with Crippen LogP contribution in [0.4, 0.5) is 17.1 Å². The number of hydrogen-bond donors (Lipinski definition) is 0. The van der Waals surface area contributed by atoms with Gasteiger partial charge in [0.2, 0.25) is 0 Å². The van der Waals surface area contributed by atoms with Gasteiger partial charge in [0, 0.05) is 34.1 Å². The summed E-state index contributed by atoms with van der Waals surface area (Å²) >= 11 is 0. The van der Waals surface area contributed by atoms with Gasteiger partial charge in [-0.05, 0) is 86.8 Å². The molecule has 2 nitrogen and oxygen atoms in total. The summed E-state index contributed by atoms with van der Waals surface area (Å²) in [7, 11) is 0. The monoisotopic (exact) mass is 714 g/mol. The molecular weight excluding hydrogens is 677 g/mol. The number of hydrogen-bond acceptors (Lipinski definition) is 1. The van der Waals surface area contributed by atoms with Crippen LogP contribution in [0.2, 0.25) is 0 Å². The minimum atomic E-state index is 1.11. The van der Waals surface area contributed by atoms with Crippen molar-refractivity contribution in [2.24, 2.45) is 0 Å². The predicted octanol–water partition coefficient (Wildman–Crippen LogP) is 14.9. The summed E-state index contributed by atoms with van der Waals surface area (Å²) in [5.41, 5.74) is 16.6. The topological polar surface area (TPSA) is 7.65 Å². The van der Waals surface area contributed by atoms with Crippen LogP contribution in [0.15, 0.2) is 231 Å². The summed E-state index contributed by atoms with van der Waals surface area (Å²) in [6.07, 6.45) is 2.19. The fraction of sp³-hybridized carbons (Fsp3) is 0. The molecule has 2 heteroatoms. The van der Waals surface area contributed by atoms with Crippen LogP contribution >= 0.6 is 0 Å². The van der Waals surface area contributed by atoms with E-state index in [0.29, 0.717) is 0 Å². The van der Waals surface area contributed by atoms with Gasteiger partial charge in [-0.25, -0.2) is 0 Å². The molecular formula is C54H38N2. The minimum Gasteiger partial charge on any atom is -0.315 e. The lowest BCUT2D eigenvalue weighted by atomic mass is 9.93. The first-order valence-corrected chi connectivity index (χ1v) is 19.2. The van der Waals surface area contributed by atoms with E-state index in [-0.39, 0.29) is 0 Å². The second kappa shape index (κ2) is 14.4. The van der Waals surface area contributed by atoms with Crippen LogP contribution in [-0.2, 0) is 0 Å². The number of anilines is 3. The first-order valence-electron chi connectivity index (χ1n) is 19.2. The maximum absolute atomic E-state index is 2.37. The summed E-state index contributed by atoms with van der Waals surface area (Å²) < 4.78 is 2.35. The molecule has 56 heavy (non-hydrogen) atoms. The molecule has 0 amide bonds. The Kier molecular flexibility index (Phi) is 8.55. The van der Waals surface area contributed by atoms with E-state index >= 15 is 0 Å². The molecule has 2 heterocycles. The summed E-state index contributed by atoms with van der Waals surface area (Å²) in [6.45, 7) is 0. The van der Waals surface area contributed by atoms with Crippen molar-refractivity contribution < 1.29 is 0 Å². The van der Waals surface area contributed by atoms with Gasteiger partial charge in [0.05, 0.1) is 16.9 Å². The van der Waals surface area contributed by atoms with Crippen molar-refractivity contribution in [2.45, 2.75) is 0 Å². The van der Waals surface area contributed by atoms with Crippen molar-refractivity contribution in [3.8, 4) is 55.8 Å². The molecule has 0 atom stereocenters. The van der Waals surface area contributed by atoms with Crippen molar-refractivity contribution in [1.29, 1.82) is 0 Å². The number of aromatic nitrogens is 1. The van der Waals surface area contributed by atoms with Crippen molar-refractivity contribution in [3.63, 3.8) is 0 Å². The lowest BCUT2D eigenvalue weighted by Crippen LogP contribution is -2.10. The second-order valence-electron chi connectivity index (χ2n) is 14.2. The number of benzene rings is 8. The standard InChI is InChI=1S/C54H38N2/c1-4-15-39(16-5-1)41-30-34-47(35-31-41)56(50-25-14-22-43-17-10-11-23-49(43)50)48-36-32-42(33-37-48)40-26-28-46(29-27-40)54-53(45-20-8-3-9-21-45)52(44-18-6-2-7-19-44)51-24-12-13-38-55(51)54/h1-38H. The zero-order valence-electron chi connectivity index (χ0n) is 30.8. The molecule has 8 aromatic carbocycles. The van der Waals surface area contributed by atoms with Gasteiger partial charge in [0.25, 0.3) is 0 Å². The molecule has 0 bridgehead atoms. The molecule has 0 radical (unpaired) electrons. The Balaban J connectivity index is 1.04. The Morgan fingerprint density at radius 1 is 0.304 bits per heavy atom. The Morgan fingerprint density at radius 3 is 1.36 bits per heavy atom. The van der Waals surface area contributed by atoms with E-state index in [1.165, 1.54) is 72.1 Å². The highest BCUT2D eigenvalue weighted by atomic mass is 15.1. The third-order valence-electron chi connectivity index (χ3n) is 10.8. The van der Waals surface area contributed by atoms with Crippen LogP contribution in [0.25, 0.3) is 72.1 Å². The molecule has 0 fully saturated rings. The van der Waals surface area contributed by atoms with E-state index in [9.17, 15) is 0 Å². The maximum atomic E-state index is 2.37. The first-order chi connectivity index (χ1) is 27.8. The van der Waals surface area contributed by atoms with Crippen LogP contribution in [0, 0.1) is 0 Å². The fourth-order valence-electron chi connectivity index (χ4n) is 8.16. The van der Waals surface area contributed by atoms with E-state index in [0.717, 1.165) is 17.1 Å². The molecule has 10 aromatic rings.